The van der Waals surface area contributed by atoms with Gasteiger partial charge >= 0.3 is 0 Å². The van der Waals surface area contributed by atoms with Gasteiger partial charge in [0.1, 0.15) is 12.7 Å². The zero-order chi connectivity index (χ0) is 19.5. The van der Waals surface area contributed by atoms with Crippen LogP contribution in [0.4, 0.5) is 5.69 Å². The van der Waals surface area contributed by atoms with Gasteiger partial charge < -0.3 is 5.32 Å². The Hall–Kier alpha value is -2.91. The molecule has 0 saturated heterocycles. The van der Waals surface area contributed by atoms with Gasteiger partial charge in [0.05, 0.1) is 11.4 Å². The van der Waals surface area contributed by atoms with E-state index in [1.807, 2.05) is 53.4 Å². The van der Waals surface area contributed by atoms with Gasteiger partial charge in [-0.15, -0.1) is 0 Å². The van der Waals surface area contributed by atoms with Crippen molar-refractivity contribution in [3.05, 3.63) is 77.5 Å². The lowest BCUT2D eigenvalue weighted by Crippen LogP contribution is -2.14. The fourth-order valence-electron chi connectivity index (χ4n) is 2.77. The van der Waals surface area contributed by atoms with Gasteiger partial charge in [0.25, 0.3) is 5.91 Å². The molecule has 0 fully saturated rings. The molecule has 2 aromatic carbocycles. The molecule has 4 aromatic rings. The highest BCUT2D eigenvalue weighted by Gasteiger charge is 2.13. The molecule has 0 unspecified atom stereocenters. The average Bonchev–Trinajstić information content (AvgIpc) is 3.40. The summed E-state index contributed by atoms with van der Waals surface area (Å²) in [5.41, 5.74) is 2.77. The van der Waals surface area contributed by atoms with Crippen molar-refractivity contribution in [3.63, 3.8) is 0 Å². The SMILES string of the molecule is CSc1nccn1-c1cccc(C(=O)Nc2cc(Br)ccc2-n2cncn2)c1. The fourth-order valence-corrected chi connectivity index (χ4v) is 3.66. The Kier molecular flexibility index (Phi) is 5.27. The Morgan fingerprint density at radius 2 is 2.11 bits per heavy atom. The molecule has 9 heteroatoms. The van der Waals surface area contributed by atoms with Gasteiger partial charge in [-0.3, -0.25) is 9.36 Å². The van der Waals surface area contributed by atoms with Crippen LogP contribution in [0.1, 0.15) is 10.4 Å². The van der Waals surface area contributed by atoms with Crippen LogP contribution in [0.15, 0.2) is 77.1 Å². The van der Waals surface area contributed by atoms with Crippen molar-refractivity contribution in [2.75, 3.05) is 11.6 Å². The number of amides is 1. The predicted molar refractivity (Wildman–Crippen MR) is 112 cm³/mol. The van der Waals surface area contributed by atoms with Crippen molar-refractivity contribution in [3.8, 4) is 11.4 Å². The van der Waals surface area contributed by atoms with Gasteiger partial charge in [-0.1, -0.05) is 33.8 Å². The van der Waals surface area contributed by atoms with Crippen molar-refractivity contribution in [2.24, 2.45) is 0 Å². The number of anilines is 1. The summed E-state index contributed by atoms with van der Waals surface area (Å²) in [6.07, 6.45) is 8.62. The van der Waals surface area contributed by atoms with E-state index in [0.717, 1.165) is 21.0 Å². The molecule has 0 aliphatic heterocycles. The largest absolute Gasteiger partial charge is 0.320 e. The number of aromatic nitrogens is 5. The fraction of sp³-hybridized carbons (Fsp3) is 0.0526. The molecular formula is C19H15BrN6OS. The molecule has 1 N–H and O–H groups in total. The molecule has 4 rings (SSSR count). The monoisotopic (exact) mass is 454 g/mol. The van der Waals surface area contributed by atoms with Gasteiger partial charge in [0, 0.05) is 28.1 Å². The summed E-state index contributed by atoms with van der Waals surface area (Å²) in [7, 11) is 0. The first-order chi connectivity index (χ1) is 13.7. The molecule has 0 bridgehead atoms. The number of carbonyl (C=O) groups excluding carboxylic acids is 1. The smallest absolute Gasteiger partial charge is 0.255 e. The van der Waals surface area contributed by atoms with E-state index in [4.69, 9.17) is 0 Å². The van der Waals surface area contributed by atoms with Crippen molar-refractivity contribution in [2.45, 2.75) is 5.16 Å². The minimum atomic E-state index is -0.216. The van der Waals surface area contributed by atoms with Crippen LogP contribution in [0.5, 0.6) is 0 Å². The third-order valence-electron chi connectivity index (χ3n) is 4.05. The van der Waals surface area contributed by atoms with E-state index >= 15 is 0 Å². The van der Waals surface area contributed by atoms with Gasteiger partial charge in [-0.05, 0) is 42.7 Å². The maximum Gasteiger partial charge on any atom is 0.255 e. The molecule has 1 amide bonds. The molecule has 2 heterocycles. The van der Waals surface area contributed by atoms with E-state index in [9.17, 15) is 4.79 Å². The minimum absolute atomic E-state index is 0.216. The Bertz CT molecular complexity index is 1130. The molecule has 0 aliphatic rings. The zero-order valence-electron chi connectivity index (χ0n) is 14.8. The van der Waals surface area contributed by atoms with E-state index in [0.29, 0.717) is 11.3 Å². The molecule has 140 valence electrons. The van der Waals surface area contributed by atoms with Crippen molar-refractivity contribution < 1.29 is 4.79 Å². The number of hydrogen-bond donors (Lipinski definition) is 1. The predicted octanol–water partition coefficient (Wildman–Crippen LogP) is 4.19. The zero-order valence-corrected chi connectivity index (χ0v) is 17.2. The number of imidazole rings is 1. The number of nitrogens with zero attached hydrogens (tertiary/aromatic N) is 5. The van der Waals surface area contributed by atoms with E-state index in [1.54, 1.807) is 35.0 Å². The van der Waals surface area contributed by atoms with Gasteiger partial charge in [0.2, 0.25) is 0 Å². The summed E-state index contributed by atoms with van der Waals surface area (Å²) >= 11 is 5.00. The average molecular weight is 455 g/mol. The first kappa shape index (κ1) is 18.5. The molecule has 0 atom stereocenters. The summed E-state index contributed by atoms with van der Waals surface area (Å²) in [5.74, 6) is -0.216. The first-order valence-corrected chi connectivity index (χ1v) is 10.3. The van der Waals surface area contributed by atoms with E-state index in [2.05, 4.69) is 36.3 Å². The third-order valence-corrected chi connectivity index (χ3v) is 5.21. The molecule has 0 spiro atoms. The second kappa shape index (κ2) is 7.99. The maximum atomic E-state index is 12.9. The summed E-state index contributed by atoms with van der Waals surface area (Å²) < 4.78 is 4.40. The van der Waals surface area contributed by atoms with Crippen molar-refractivity contribution in [1.29, 1.82) is 0 Å². The molecule has 0 aliphatic carbocycles. The topological polar surface area (TPSA) is 77.6 Å². The molecular weight excluding hydrogens is 440 g/mol. The van der Waals surface area contributed by atoms with Crippen molar-refractivity contribution >= 4 is 39.3 Å². The summed E-state index contributed by atoms with van der Waals surface area (Å²) in [4.78, 5) is 21.2. The quantitative estimate of drug-likeness (QED) is 0.457. The highest BCUT2D eigenvalue weighted by molar-refractivity contribution is 9.10. The van der Waals surface area contributed by atoms with Crippen LogP contribution in [0.2, 0.25) is 0 Å². The van der Waals surface area contributed by atoms with Crippen LogP contribution in [0, 0.1) is 0 Å². The minimum Gasteiger partial charge on any atom is -0.320 e. The van der Waals surface area contributed by atoms with Gasteiger partial charge in [-0.2, -0.15) is 5.10 Å². The number of halogens is 1. The number of nitrogens with one attached hydrogen (secondary N) is 1. The summed E-state index contributed by atoms with van der Waals surface area (Å²) in [6, 6.07) is 13.0. The Morgan fingerprint density at radius 1 is 1.21 bits per heavy atom. The summed E-state index contributed by atoms with van der Waals surface area (Å²) in [5, 5.41) is 7.98. The number of benzene rings is 2. The molecule has 7 nitrogen and oxygen atoms in total. The number of thioether (sulfide) groups is 1. The lowest BCUT2D eigenvalue weighted by Gasteiger charge is -2.12. The van der Waals surface area contributed by atoms with Crippen LogP contribution < -0.4 is 5.32 Å². The van der Waals surface area contributed by atoms with E-state index in [1.165, 1.54) is 6.33 Å². The van der Waals surface area contributed by atoms with E-state index in [-0.39, 0.29) is 5.91 Å². The van der Waals surface area contributed by atoms with Crippen LogP contribution in [0.3, 0.4) is 0 Å². The van der Waals surface area contributed by atoms with Gasteiger partial charge in [0.15, 0.2) is 5.16 Å². The number of carbonyl (C=O) groups is 1. The normalized spacial score (nSPS) is 10.8. The van der Waals surface area contributed by atoms with Crippen LogP contribution in [0.25, 0.3) is 11.4 Å². The van der Waals surface area contributed by atoms with Gasteiger partial charge in [-0.25, -0.2) is 14.6 Å². The molecule has 0 saturated carbocycles. The lowest BCUT2D eigenvalue weighted by molar-refractivity contribution is 0.102. The lowest BCUT2D eigenvalue weighted by atomic mass is 10.1. The standard InChI is InChI=1S/C19H15BrN6OS/c1-28-19-22-7-8-25(19)15-4-2-3-13(9-15)18(27)24-16-10-14(20)5-6-17(16)26-12-21-11-23-26/h2-12H,1H3,(H,24,27). The number of hydrogen-bond acceptors (Lipinski definition) is 5. The summed E-state index contributed by atoms with van der Waals surface area (Å²) in [6.45, 7) is 0. The Balaban J connectivity index is 1.65. The first-order valence-electron chi connectivity index (χ1n) is 8.29. The molecule has 0 radical (unpaired) electrons. The molecule has 28 heavy (non-hydrogen) atoms. The highest BCUT2D eigenvalue weighted by Crippen LogP contribution is 2.25. The second-order valence-electron chi connectivity index (χ2n) is 5.79. The maximum absolute atomic E-state index is 12.9. The number of rotatable bonds is 5. The molecule has 2 aromatic heterocycles. The highest BCUT2D eigenvalue weighted by atomic mass is 79.9. The van der Waals surface area contributed by atoms with Crippen molar-refractivity contribution in [1.82, 2.24) is 24.3 Å². The Labute approximate surface area is 174 Å². The second-order valence-corrected chi connectivity index (χ2v) is 7.48. The van der Waals surface area contributed by atoms with Crippen LogP contribution >= 0.6 is 27.7 Å². The van der Waals surface area contributed by atoms with E-state index < -0.39 is 0 Å². The van der Waals surface area contributed by atoms with Crippen LogP contribution in [-0.2, 0) is 0 Å². The Morgan fingerprint density at radius 3 is 2.89 bits per heavy atom. The third kappa shape index (κ3) is 3.71. The van der Waals surface area contributed by atoms with Crippen LogP contribution in [-0.4, -0.2) is 36.5 Å².